The molecule has 0 radical (unpaired) electrons. The van der Waals surface area contributed by atoms with Crippen molar-refractivity contribution in [1.82, 2.24) is 14.5 Å². The van der Waals surface area contributed by atoms with E-state index in [0.29, 0.717) is 45.2 Å². The SMILES string of the molecule is [2H]c1nc(-c2[c-]c(-c3cccc4c3nc(-c3ccccc3O)n4-c3ccc(C4CC(C(C)C)CC(C([2H])(C)C)C4)cc3C([2H])([2H])[2H])cc(C(C)(C)C)c2)c([2H])c(-c2c([2H])c([2H])c(C([2H])([2H])[2H])c([2H])c2[2H])c1[2H].[Pt]. The first-order chi connectivity index (χ1) is 33.4. The first kappa shape index (κ1) is 27.9. The number of aromatic hydroxyl groups is 1. The molecule has 306 valence electrons. The second-order valence-electron chi connectivity index (χ2n) is 17.3. The summed E-state index contributed by atoms with van der Waals surface area (Å²) in [6.07, 6.45) is 1.95. The minimum absolute atomic E-state index is 0. The van der Waals surface area contributed by atoms with Gasteiger partial charge in [0.15, 0.2) is 0 Å². The summed E-state index contributed by atoms with van der Waals surface area (Å²) in [6, 6.07) is 20.4. The average molecular weight is 974 g/mol. The fourth-order valence-electron chi connectivity index (χ4n) is 8.34. The molecule has 1 fully saturated rings. The summed E-state index contributed by atoms with van der Waals surface area (Å²) in [6.45, 7) is 8.67. The zero-order valence-electron chi connectivity index (χ0n) is 48.5. The Bertz CT molecular complexity index is 3250. The molecule has 0 saturated heterocycles. The van der Waals surface area contributed by atoms with Crippen LogP contribution in [0.5, 0.6) is 5.75 Å². The van der Waals surface area contributed by atoms with Gasteiger partial charge in [-0.3, -0.25) is 9.55 Å². The van der Waals surface area contributed by atoms with Gasteiger partial charge in [0.1, 0.15) is 11.6 Å². The molecule has 0 amide bonds. The second kappa shape index (κ2) is 17.1. The monoisotopic (exact) mass is 974 g/mol. The Morgan fingerprint density at radius 2 is 1.58 bits per heavy atom. The molecule has 7 aromatic rings. The molecule has 0 aliphatic heterocycles. The molecule has 2 aromatic heterocycles. The van der Waals surface area contributed by atoms with Crippen molar-refractivity contribution < 1.29 is 45.4 Å². The predicted molar refractivity (Wildman–Crippen MR) is 243 cm³/mol. The van der Waals surface area contributed by atoms with E-state index in [1.165, 1.54) is 6.07 Å². The summed E-state index contributed by atoms with van der Waals surface area (Å²) in [5, 5.41) is 11.4. The maximum Gasteiger partial charge on any atom is 0.148 e. The third-order valence-corrected chi connectivity index (χ3v) is 11.8. The number of aryl methyl sites for hydroxylation is 1. The molecule has 3 atom stereocenters. The Kier molecular flexibility index (Phi) is 8.06. The van der Waals surface area contributed by atoms with Crippen molar-refractivity contribution in [2.24, 2.45) is 23.6 Å². The molecule has 5 heteroatoms. The zero-order chi connectivity index (χ0) is 52.9. The topological polar surface area (TPSA) is 50.9 Å². The Labute approximate surface area is 386 Å². The van der Waals surface area contributed by atoms with Crippen molar-refractivity contribution in [2.45, 2.75) is 92.8 Å². The molecule has 1 aliphatic carbocycles. The van der Waals surface area contributed by atoms with E-state index in [1.807, 2.05) is 65.0 Å². The minimum atomic E-state index is -2.99. The number of pyridine rings is 1. The number of para-hydroxylation sites is 2. The average Bonchev–Trinajstić information content (AvgIpc) is 3.68. The summed E-state index contributed by atoms with van der Waals surface area (Å²) in [4.78, 5) is 9.57. The summed E-state index contributed by atoms with van der Waals surface area (Å²) < 4.78 is 123. The Morgan fingerprint density at radius 3 is 2.29 bits per heavy atom. The molecule has 8 rings (SSSR count). The van der Waals surface area contributed by atoms with Gasteiger partial charge in [-0.1, -0.05) is 132 Å². The number of fused-ring (bicyclic) bond motifs is 1. The van der Waals surface area contributed by atoms with Crippen molar-refractivity contribution in [3.63, 3.8) is 0 Å². The van der Waals surface area contributed by atoms with Gasteiger partial charge in [0.25, 0.3) is 0 Å². The molecular weight excluding hydrogens is 902 g/mol. The predicted octanol–water partition coefficient (Wildman–Crippen LogP) is 14.3. The summed E-state index contributed by atoms with van der Waals surface area (Å²) >= 11 is 0. The number of hydrogen-bond acceptors (Lipinski definition) is 3. The van der Waals surface area contributed by atoms with Crippen LogP contribution in [0.4, 0.5) is 0 Å². The van der Waals surface area contributed by atoms with Gasteiger partial charge in [0, 0.05) is 42.5 Å². The van der Waals surface area contributed by atoms with Crippen LogP contribution in [-0.2, 0) is 26.5 Å². The van der Waals surface area contributed by atoms with Crippen molar-refractivity contribution in [3.8, 4) is 56.3 Å². The van der Waals surface area contributed by atoms with E-state index < -0.39 is 84.1 Å². The van der Waals surface area contributed by atoms with E-state index in [0.717, 1.165) is 30.4 Å². The third-order valence-electron chi connectivity index (χ3n) is 11.8. The minimum Gasteiger partial charge on any atom is -0.507 e. The van der Waals surface area contributed by atoms with Crippen molar-refractivity contribution in [2.75, 3.05) is 0 Å². The van der Waals surface area contributed by atoms with Crippen LogP contribution in [0.2, 0.25) is 0 Å². The van der Waals surface area contributed by atoms with Crippen LogP contribution in [0.3, 0.4) is 0 Å². The van der Waals surface area contributed by atoms with Crippen LogP contribution >= 0.6 is 0 Å². The quantitative estimate of drug-likeness (QED) is 0.154. The van der Waals surface area contributed by atoms with E-state index in [1.54, 1.807) is 41.0 Å². The molecular formula is C54H58N3OPt-. The molecule has 0 spiro atoms. The normalized spacial score (nSPS) is 21.1. The zero-order valence-corrected chi connectivity index (χ0v) is 36.7. The van der Waals surface area contributed by atoms with E-state index in [4.69, 9.17) is 22.8 Å². The van der Waals surface area contributed by atoms with Gasteiger partial charge in [-0.05, 0) is 121 Å². The molecule has 4 nitrogen and oxygen atoms in total. The van der Waals surface area contributed by atoms with Crippen LogP contribution in [0.25, 0.3) is 61.6 Å². The van der Waals surface area contributed by atoms with Crippen LogP contribution in [0.15, 0.2) is 115 Å². The van der Waals surface area contributed by atoms with Crippen molar-refractivity contribution in [3.05, 3.63) is 144 Å². The van der Waals surface area contributed by atoms with E-state index in [-0.39, 0.29) is 61.3 Å². The van der Waals surface area contributed by atoms with E-state index in [2.05, 4.69) is 24.9 Å². The molecule has 0 bridgehead atoms. The van der Waals surface area contributed by atoms with Crippen molar-refractivity contribution in [1.29, 1.82) is 0 Å². The number of hydrogen-bond donors (Lipinski definition) is 1. The van der Waals surface area contributed by atoms with Gasteiger partial charge < -0.3 is 5.11 Å². The van der Waals surface area contributed by atoms with E-state index >= 15 is 0 Å². The largest absolute Gasteiger partial charge is 0.507 e. The van der Waals surface area contributed by atoms with Gasteiger partial charge in [0.05, 0.1) is 31.9 Å². The Balaban J connectivity index is 0.00000780. The number of benzene rings is 5. The van der Waals surface area contributed by atoms with Gasteiger partial charge in [-0.25, -0.2) is 4.98 Å². The second-order valence-corrected chi connectivity index (χ2v) is 17.3. The maximum absolute atomic E-state index is 11.4. The number of phenols is 1. The fourth-order valence-corrected chi connectivity index (χ4v) is 8.34. The first-order valence-corrected chi connectivity index (χ1v) is 20.0. The summed E-state index contributed by atoms with van der Waals surface area (Å²) in [5.41, 5.74) is 2.08. The molecule has 1 saturated carbocycles. The van der Waals surface area contributed by atoms with Gasteiger partial charge in [0.2, 0.25) is 0 Å². The third kappa shape index (κ3) is 8.62. The molecule has 5 aromatic carbocycles. The van der Waals surface area contributed by atoms with Crippen molar-refractivity contribution >= 4 is 11.0 Å². The van der Waals surface area contributed by atoms with Gasteiger partial charge in [-0.2, -0.15) is 0 Å². The molecule has 1 aliphatic rings. The number of rotatable bonds is 8. The van der Waals surface area contributed by atoms with E-state index in [9.17, 15) is 6.48 Å². The number of phenolic OH excluding ortho intramolecular Hbond substituents is 1. The molecule has 2 heterocycles. The number of nitrogens with zero attached hydrogens (tertiary/aromatic N) is 3. The standard InChI is InChI=1S/C54H58N3O.Pt/c1-33(2)40-26-41(34(3)4)28-42(27-40)38-21-22-49(36(6)25-38)57-50-15-12-14-46(52(50)56-53(57)47-13-10-11-16-51(47)58)43-29-44(31-45(30-43)54(7,8)9)48-32-39(23-24-55-48)37-19-17-35(5)18-20-37;/h10-25,30-34,40-42,58H,26-28H2,1-9H3;/q-1;/i5D3,6D3,17D,18D,19D,20D,23D,24D,32D,33D;. The van der Waals surface area contributed by atoms with Gasteiger partial charge >= 0.3 is 0 Å². The number of aromatic nitrogens is 3. The maximum atomic E-state index is 11.4. The van der Waals surface area contributed by atoms with Crippen LogP contribution in [-0.4, -0.2) is 19.6 Å². The number of imidazole rings is 1. The fraction of sp³-hybridized carbons (Fsp3) is 0.333. The van der Waals surface area contributed by atoms with Crippen LogP contribution in [0.1, 0.15) is 115 Å². The molecule has 3 unspecified atom stereocenters. The van der Waals surface area contributed by atoms with Gasteiger partial charge in [-0.15, -0.1) is 29.3 Å². The molecule has 59 heavy (non-hydrogen) atoms. The smallest absolute Gasteiger partial charge is 0.148 e. The first-order valence-electron chi connectivity index (χ1n) is 27.0. The summed E-state index contributed by atoms with van der Waals surface area (Å²) in [7, 11) is 0. The summed E-state index contributed by atoms with van der Waals surface area (Å²) in [5.74, 6) is 0.435. The molecule has 1 N–H and O–H groups in total. The Hall–Kier alpha value is -4.79. The van der Waals surface area contributed by atoms with Crippen LogP contribution in [0, 0.1) is 43.4 Å². The Morgan fingerprint density at radius 1 is 0.831 bits per heavy atom. The van der Waals surface area contributed by atoms with Crippen LogP contribution < -0.4 is 0 Å².